The van der Waals surface area contributed by atoms with Crippen molar-refractivity contribution >= 4 is 22.9 Å². The second-order valence-corrected chi connectivity index (χ2v) is 7.62. The van der Waals surface area contributed by atoms with Gasteiger partial charge in [0.25, 0.3) is 0 Å². The van der Waals surface area contributed by atoms with Gasteiger partial charge in [-0.05, 0) is 56.3 Å². The molecule has 16 heavy (non-hydrogen) atoms. The second kappa shape index (κ2) is 3.23. The van der Waals surface area contributed by atoms with Crippen LogP contribution in [0.1, 0.15) is 44.2 Å². The van der Waals surface area contributed by atoms with Gasteiger partial charge < -0.3 is 0 Å². The normalized spacial score (nSPS) is 45.2. The van der Waals surface area contributed by atoms with E-state index in [0.29, 0.717) is 5.41 Å². The zero-order valence-electron chi connectivity index (χ0n) is 9.29. The van der Waals surface area contributed by atoms with E-state index >= 15 is 0 Å². The van der Waals surface area contributed by atoms with Crippen molar-refractivity contribution in [2.24, 2.45) is 17.8 Å². The monoisotopic (exact) mass is 253 g/mol. The smallest absolute Gasteiger partial charge is 0.183 e. The van der Waals surface area contributed by atoms with Gasteiger partial charge in [-0.1, -0.05) is 11.6 Å². The molecular weight excluding hydrogens is 238 g/mol. The summed E-state index contributed by atoms with van der Waals surface area (Å²) >= 11 is 7.62. The average Bonchev–Trinajstić information content (AvgIpc) is 2.63. The summed E-state index contributed by atoms with van der Waals surface area (Å²) in [5.41, 5.74) is 1.75. The highest BCUT2D eigenvalue weighted by atomic mass is 35.5. The Kier molecular flexibility index (Phi) is 2.00. The topological polar surface area (TPSA) is 12.9 Å². The minimum absolute atomic E-state index is 0.429. The van der Waals surface area contributed by atoms with Crippen molar-refractivity contribution in [2.45, 2.75) is 43.9 Å². The zero-order chi connectivity index (χ0) is 10.8. The molecule has 0 spiro atoms. The lowest BCUT2D eigenvalue weighted by Crippen LogP contribution is -2.48. The van der Waals surface area contributed by atoms with Gasteiger partial charge in [0, 0.05) is 10.8 Å². The Bertz CT molecular complexity index is 390. The van der Waals surface area contributed by atoms with Gasteiger partial charge in [-0.15, -0.1) is 11.3 Å². The van der Waals surface area contributed by atoms with Crippen molar-refractivity contribution in [3.05, 3.63) is 15.5 Å². The molecule has 0 unspecified atom stereocenters. The molecule has 4 aliphatic carbocycles. The average molecular weight is 254 g/mol. The lowest BCUT2D eigenvalue weighted by molar-refractivity contribution is -0.00692. The quantitative estimate of drug-likeness (QED) is 0.729. The van der Waals surface area contributed by atoms with Crippen LogP contribution in [0.2, 0.25) is 4.47 Å². The minimum atomic E-state index is 0.429. The fourth-order valence-corrected chi connectivity index (χ4v) is 5.81. The Hall–Kier alpha value is -0.0800. The van der Waals surface area contributed by atoms with E-state index < -0.39 is 0 Å². The molecule has 0 amide bonds. The molecule has 0 N–H and O–H groups in total. The second-order valence-electron chi connectivity index (χ2n) is 6.18. The highest BCUT2D eigenvalue weighted by molar-refractivity contribution is 7.14. The van der Waals surface area contributed by atoms with E-state index in [1.807, 2.05) is 0 Å². The molecule has 4 bridgehead atoms. The van der Waals surface area contributed by atoms with Crippen LogP contribution in [0.5, 0.6) is 0 Å². The number of nitrogens with zero attached hydrogens (tertiary/aromatic N) is 1. The van der Waals surface area contributed by atoms with Gasteiger partial charge >= 0.3 is 0 Å². The van der Waals surface area contributed by atoms with Crippen LogP contribution in [0.15, 0.2) is 5.38 Å². The van der Waals surface area contributed by atoms with E-state index in [9.17, 15) is 0 Å². The number of rotatable bonds is 1. The molecule has 0 saturated heterocycles. The van der Waals surface area contributed by atoms with E-state index in [-0.39, 0.29) is 0 Å². The first-order chi connectivity index (χ1) is 7.73. The predicted molar refractivity (Wildman–Crippen MR) is 67.0 cm³/mol. The molecule has 0 aliphatic heterocycles. The SMILES string of the molecule is Clc1nc(C23CC4CC(CC(C4)C2)C3)cs1. The van der Waals surface area contributed by atoms with Crippen LogP contribution < -0.4 is 0 Å². The molecule has 86 valence electrons. The van der Waals surface area contributed by atoms with E-state index in [4.69, 9.17) is 11.6 Å². The summed E-state index contributed by atoms with van der Waals surface area (Å²) in [7, 11) is 0. The van der Waals surface area contributed by atoms with E-state index in [1.54, 1.807) is 11.3 Å². The summed E-state index contributed by atoms with van der Waals surface area (Å²) in [6.45, 7) is 0. The maximum Gasteiger partial charge on any atom is 0.183 e. The highest BCUT2D eigenvalue weighted by Crippen LogP contribution is 2.60. The third kappa shape index (κ3) is 1.32. The molecule has 4 fully saturated rings. The van der Waals surface area contributed by atoms with Gasteiger partial charge in [0.15, 0.2) is 4.47 Å². The molecule has 0 atom stereocenters. The number of aromatic nitrogens is 1. The molecule has 3 heteroatoms. The van der Waals surface area contributed by atoms with E-state index in [1.165, 1.54) is 44.2 Å². The van der Waals surface area contributed by atoms with Crippen LogP contribution >= 0.6 is 22.9 Å². The number of hydrogen-bond donors (Lipinski definition) is 0. The fourth-order valence-electron chi connectivity index (χ4n) is 4.92. The fraction of sp³-hybridized carbons (Fsp3) is 0.769. The first kappa shape index (κ1) is 9.90. The van der Waals surface area contributed by atoms with Crippen molar-refractivity contribution in [3.8, 4) is 0 Å². The lowest BCUT2D eigenvalue weighted by Gasteiger charge is -2.56. The molecule has 5 rings (SSSR count). The molecule has 1 heterocycles. The van der Waals surface area contributed by atoms with Crippen molar-refractivity contribution in [1.82, 2.24) is 4.98 Å². The van der Waals surface area contributed by atoms with Crippen LogP contribution in [0.3, 0.4) is 0 Å². The number of thiazole rings is 1. The van der Waals surface area contributed by atoms with Crippen molar-refractivity contribution in [2.75, 3.05) is 0 Å². The summed E-state index contributed by atoms with van der Waals surface area (Å²) in [4.78, 5) is 4.58. The Morgan fingerprint density at radius 3 is 2.12 bits per heavy atom. The third-order valence-corrected chi connectivity index (χ3v) is 6.04. The molecule has 1 aromatic rings. The van der Waals surface area contributed by atoms with Crippen molar-refractivity contribution in [3.63, 3.8) is 0 Å². The molecule has 1 aromatic heterocycles. The third-order valence-electron chi connectivity index (χ3n) is 5.06. The van der Waals surface area contributed by atoms with Crippen LogP contribution in [0, 0.1) is 17.8 Å². The van der Waals surface area contributed by atoms with Crippen molar-refractivity contribution < 1.29 is 0 Å². The lowest BCUT2D eigenvalue weighted by atomic mass is 9.49. The Morgan fingerprint density at radius 1 is 1.12 bits per heavy atom. The summed E-state index contributed by atoms with van der Waals surface area (Å²) in [6, 6.07) is 0. The van der Waals surface area contributed by atoms with Crippen LogP contribution in [-0.4, -0.2) is 4.98 Å². The van der Waals surface area contributed by atoms with Gasteiger partial charge in [0.05, 0.1) is 5.69 Å². The Labute approximate surface area is 105 Å². The first-order valence-corrected chi connectivity index (χ1v) is 7.61. The van der Waals surface area contributed by atoms with E-state index in [2.05, 4.69) is 10.4 Å². The molecule has 1 nitrogen and oxygen atoms in total. The van der Waals surface area contributed by atoms with E-state index in [0.717, 1.165) is 22.2 Å². The van der Waals surface area contributed by atoms with Crippen LogP contribution in [0.25, 0.3) is 0 Å². The van der Waals surface area contributed by atoms with Gasteiger partial charge in [0.2, 0.25) is 0 Å². The first-order valence-electron chi connectivity index (χ1n) is 6.35. The van der Waals surface area contributed by atoms with Gasteiger partial charge in [-0.25, -0.2) is 4.98 Å². The Morgan fingerprint density at radius 2 is 1.69 bits per heavy atom. The number of hydrogen-bond acceptors (Lipinski definition) is 2. The highest BCUT2D eigenvalue weighted by Gasteiger charge is 2.52. The minimum Gasteiger partial charge on any atom is -0.229 e. The summed E-state index contributed by atoms with van der Waals surface area (Å²) in [5, 5.41) is 2.22. The largest absolute Gasteiger partial charge is 0.229 e. The van der Waals surface area contributed by atoms with Gasteiger partial charge in [0.1, 0.15) is 0 Å². The predicted octanol–water partition coefficient (Wildman–Crippen LogP) is 4.26. The number of halogens is 1. The summed E-state index contributed by atoms with van der Waals surface area (Å²) in [5.74, 6) is 2.98. The molecular formula is C13H16ClNS. The molecule has 0 aromatic carbocycles. The zero-order valence-corrected chi connectivity index (χ0v) is 10.9. The van der Waals surface area contributed by atoms with Crippen LogP contribution in [-0.2, 0) is 5.41 Å². The standard InChI is InChI=1S/C13H16ClNS/c14-12-15-11(7-16-12)13-4-8-1-9(5-13)3-10(2-8)6-13/h7-10H,1-6H2. The maximum atomic E-state index is 6.01. The summed E-state index contributed by atoms with van der Waals surface area (Å²) < 4.78 is 0.728. The summed E-state index contributed by atoms with van der Waals surface area (Å²) in [6.07, 6.45) is 8.66. The van der Waals surface area contributed by atoms with Gasteiger partial charge in [-0.3, -0.25) is 0 Å². The van der Waals surface area contributed by atoms with Crippen molar-refractivity contribution in [1.29, 1.82) is 0 Å². The molecule has 4 saturated carbocycles. The van der Waals surface area contributed by atoms with Gasteiger partial charge in [-0.2, -0.15) is 0 Å². The molecule has 0 radical (unpaired) electrons. The Balaban J connectivity index is 1.76. The maximum absolute atomic E-state index is 6.01. The molecule has 4 aliphatic rings. The van der Waals surface area contributed by atoms with Crippen LogP contribution in [0.4, 0.5) is 0 Å².